The molecule has 1 amide bonds. The number of rotatable bonds is 4. The fourth-order valence-electron chi connectivity index (χ4n) is 5.39. The van der Waals surface area contributed by atoms with Crippen molar-refractivity contribution in [1.82, 2.24) is 19.4 Å². The third-order valence-electron chi connectivity index (χ3n) is 7.08. The van der Waals surface area contributed by atoms with Crippen LogP contribution in [0.25, 0.3) is 16.7 Å². The zero-order valence-electron chi connectivity index (χ0n) is 21.9. The highest BCUT2D eigenvalue weighted by molar-refractivity contribution is 6.30. The molecule has 10 heteroatoms. The quantitative estimate of drug-likeness (QED) is 0.536. The summed E-state index contributed by atoms with van der Waals surface area (Å²) in [5, 5.41) is 11.7. The van der Waals surface area contributed by atoms with Gasteiger partial charge in [0.1, 0.15) is 17.7 Å². The van der Waals surface area contributed by atoms with Crippen LogP contribution in [0.3, 0.4) is 0 Å². The van der Waals surface area contributed by atoms with Gasteiger partial charge >= 0.3 is 6.09 Å². The van der Waals surface area contributed by atoms with E-state index in [9.17, 15) is 9.90 Å². The van der Waals surface area contributed by atoms with Gasteiger partial charge in [0.15, 0.2) is 5.65 Å². The predicted molar refractivity (Wildman–Crippen MR) is 146 cm³/mol. The van der Waals surface area contributed by atoms with Crippen molar-refractivity contribution in [1.29, 1.82) is 0 Å². The van der Waals surface area contributed by atoms with Gasteiger partial charge in [-0.2, -0.15) is 0 Å². The van der Waals surface area contributed by atoms with Crippen molar-refractivity contribution >= 4 is 40.2 Å². The zero-order valence-corrected chi connectivity index (χ0v) is 22.6. The van der Waals surface area contributed by atoms with Crippen molar-refractivity contribution in [3.63, 3.8) is 0 Å². The maximum atomic E-state index is 12.7. The summed E-state index contributed by atoms with van der Waals surface area (Å²) in [6.45, 7) is 10.4. The number of amides is 1. The first-order chi connectivity index (χ1) is 17.7. The standard InChI is InChI=1S/C27H35ClN6O3/c1-18-14-31(26(36)37-27(2,3)4)11-12-32(18)24-23-22(33-10-6-9-21(33)16-35)15-34(25(23)30-17-29-24)20-8-5-7-19(28)13-20/h5,7-8,13,15,17-18,21,35H,6,9-12,14,16H2,1-4H3/t18-,21-/m0/s1. The summed E-state index contributed by atoms with van der Waals surface area (Å²) in [5.41, 5.74) is 2.17. The fraction of sp³-hybridized carbons (Fsp3) is 0.519. The number of hydrogen-bond acceptors (Lipinski definition) is 7. The smallest absolute Gasteiger partial charge is 0.410 e. The minimum absolute atomic E-state index is 0.0222. The second-order valence-corrected chi connectivity index (χ2v) is 11.3. The minimum atomic E-state index is -0.534. The Bertz CT molecular complexity index is 1290. The number of aliphatic hydroxyl groups is 1. The molecule has 198 valence electrons. The molecule has 9 nitrogen and oxygen atoms in total. The largest absolute Gasteiger partial charge is 0.444 e. The Morgan fingerprint density at radius 2 is 2.00 bits per heavy atom. The minimum Gasteiger partial charge on any atom is -0.444 e. The molecule has 2 aromatic heterocycles. The van der Waals surface area contributed by atoms with Crippen LogP contribution in [0.15, 0.2) is 36.8 Å². The summed E-state index contributed by atoms with van der Waals surface area (Å²) in [5.74, 6) is 0.834. The number of hydrogen-bond donors (Lipinski definition) is 1. The van der Waals surface area contributed by atoms with Crippen LogP contribution in [0.4, 0.5) is 16.3 Å². The van der Waals surface area contributed by atoms with E-state index in [2.05, 4.69) is 27.5 Å². The van der Waals surface area contributed by atoms with Gasteiger partial charge in [0, 0.05) is 49.1 Å². The summed E-state index contributed by atoms with van der Waals surface area (Å²) in [6.07, 6.45) is 5.35. The van der Waals surface area contributed by atoms with Crippen molar-refractivity contribution in [2.24, 2.45) is 0 Å². The molecule has 5 rings (SSSR count). The molecule has 2 saturated heterocycles. The first-order valence-corrected chi connectivity index (χ1v) is 13.3. The lowest BCUT2D eigenvalue weighted by Gasteiger charge is -2.41. The third kappa shape index (κ3) is 5.07. The molecule has 0 unspecified atom stereocenters. The number of fused-ring (bicyclic) bond motifs is 1. The molecule has 37 heavy (non-hydrogen) atoms. The Morgan fingerprint density at radius 3 is 2.70 bits per heavy atom. The number of piperazine rings is 1. The molecule has 0 spiro atoms. The molecule has 0 saturated carbocycles. The number of aromatic nitrogens is 3. The van der Waals surface area contributed by atoms with Crippen molar-refractivity contribution in [2.45, 2.75) is 58.2 Å². The molecule has 1 aromatic carbocycles. The molecule has 4 heterocycles. The predicted octanol–water partition coefficient (Wildman–Crippen LogP) is 4.48. The number of benzene rings is 1. The summed E-state index contributed by atoms with van der Waals surface area (Å²) in [7, 11) is 0. The van der Waals surface area contributed by atoms with E-state index in [1.54, 1.807) is 11.2 Å². The van der Waals surface area contributed by atoms with Gasteiger partial charge in [0.25, 0.3) is 0 Å². The topological polar surface area (TPSA) is 87.0 Å². The molecule has 2 aliphatic heterocycles. The highest BCUT2D eigenvalue weighted by atomic mass is 35.5. The van der Waals surface area contributed by atoms with E-state index in [-0.39, 0.29) is 24.8 Å². The summed E-state index contributed by atoms with van der Waals surface area (Å²) < 4.78 is 7.66. The highest BCUT2D eigenvalue weighted by Gasteiger charge is 2.34. The number of carbonyl (C=O) groups excluding carboxylic acids is 1. The maximum absolute atomic E-state index is 12.7. The van der Waals surface area contributed by atoms with Crippen LogP contribution in [0.1, 0.15) is 40.5 Å². The lowest BCUT2D eigenvalue weighted by Crippen LogP contribution is -2.55. The van der Waals surface area contributed by atoms with Crippen LogP contribution in [0, 0.1) is 0 Å². The van der Waals surface area contributed by atoms with Gasteiger partial charge in [-0.15, -0.1) is 0 Å². The van der Waals surface area contributed by atoms with E-state index < -0.39 is 5.60 Å². The van der Waals surface area contributed by atoms with Crippen molar-refractivity contribution in [2.75, 3.05) is 42.6 Å². The van der Waals surface area contributed by atoms with Crippen LogP contribution in [0.5, 0.6) is 0 Å². The maximum Gasteiger partial charge on any atom is 0.410 e. The Hall–Kier alpha value is -3.04. The molecule has 2 atom stereocenters. The molecule has 0 bridgehead atoms. The van der Waals surface area contributed by atoms with Gasteiger partial charge in [-0.3, -0.25) is 4.57 Å². The van der Waals surface area contributed by atoms with Crippen LogP contribution in [-0.4, -0.2) is 81.1 Å². The molecule has 1 N–H and O–H groups in total. The van der Waals surface area contributed by atoms with E-state index in [0.29, 0.717) is 24.7 Å². The van der Waals surface area contributed by atoms with E-state index in [0.717, 1.165) is 47.6 Å². The molecule has 3 aromatic rings. The van der Waals surface area contributed by atoms with Crippen molar-refractivity contribution < 1.29 is 14.6 Å². The first-order valence-electron chi connectivity index (χ1n) is 12.9. The molecular weight excluding hydrogens is 492 g/mol. The Morgan fingerprint density at radius 1 is 1.19 bits per heavy atom. The Kier molecular flexibility index (Phi) is 6.93. The number of halogens is 1. The van der Waals surface area contributed by atoms with Gasteiger partial charge < -0.3 is 24.5 Å². The van der Waals surface area contributed by atoms with Gasteiger partial charge in [0.05, 0.1) is 23.7 Å². The average Bonchev–Trinajstić information content (AvgIpc) is 3.47. The van der Waals surface area contributed by atoms with E-state index >= 15 is 0 Å². The van der Waals surface area contributed by atoms with Crippen LogP contribution < -0.4 is 9.80 Å². The van der Waals surface area contributed by atoms with Crippen LogP contribution >= 0.6 is 11.6 Å². The molecule has 0 radical (unpaired) electrons. The number of aliphatic hydroxyl groups excluding tert-OH is 1. The van der Waals surface area contributed by atoms with Crippen molar-refractivity contribution in [3.05, 3.63) is 41.8 Å². The van der Waals surface area contributed by atoms with Crippen LogP contribution in [-0.2, 0) is 4.74 Å². The second-order valence-electron chi connectivity index (χ2n) is 10.9. The summed E-state index contributed by atoms with van der Waals surface area (Å²) in [6, 6.07) is 7.78. The highest BCUT2D eigenvalue weighted by Crippen LogP contribution is 2.40. The number of ether oxygens (including phenoxy) is 1. The average molecular weight is 527 g/mol. The van der Waals surface area contributed by atoms with E-state index in [4.69, 9.17) is 26.3 Å². The van der Waals surface area contributed by atoms with Gasteiger partial charge in [-0.05, 0) is 58.7 Å². The van der Waals surface area contributed by atoms with Crippen LogP contribution in [0.2, 0.25) is 5.02 Å². The fourth-order valence-corrected chi connectivity index (χ4v) is 5.58. The lowest BCUT2D eigenvalue weighted by molar-refractivity contribution is 0.0218. The molecule has 2 aliphatic rings. The number of anilines is 2. The van der Waals surface area contributed by atoms with E-state index in [1.165, 1.54) is 0 Å². The first kappa shape index (κ1) is 25.6. The monoisotopic (exact) mass is 526 g/mol. The Labute approximate surface area is 222 Å². The van der Waals surface area contributed by atoms with Gasteiger partial charge in [0.2, 0.25) is 0 Å². The second kappa shape index (κ2) is 10.0. The van der Waals surface area contributed by atoms with E-state index in [1.807, 2.05) is 45.0 Å². The SMILES string of the molecule is C[C@H]1CN(C(=O)OC(C)(C)C)CCN1c1ncnc2c1c(N1CCC[C@H]1CO)cn2-c1cccc(Cl)c1. The zero-order chi connectivity index (χ0) is 26.3. The Balaban J connectivity index is 1.56. The van der Waals surface area contributed by atoms with Gasteiger partial charge in [-0.25, -0.2) is 14.8 Å². The summed E-state index contributed by atoms with van der Waals surface area (Å²) in [4.78, 5) is 28.5. The number of carbonyl (C=O) groups is 1. The normalized spacial score (nSPS) is 20.6. The lowest BCUT2D eigenvalue weighted by atomic mass is 10.1. The summed E-state index contributed by atoms with van der Waals surface area (Å²) >= 11 is 6.34. The molecule has 0 aliphatic carbocycles. The van der Waals surface area contributed by atoms with Crippen molar-refractivity contribution in [3.8, 4) is 5.69 Å². The third-order valence-corrected chi connectivity index (χ3v) is 7.31. The van der Waals surface area contributed by atoms with Gasteiger partial charge in [-0.1, -0.05) is 17.7 Å². The molecular formula is C27H35ClN6O3. The molecule has 2 fully saturated rings. The number of nitrogens with zero attached hydrogens (tertiary/aromatic N) is 6.